The van der Waals surface area contributed by atoms with Gasteiger partial charge in [0, 0.05) is 41.7 Å². The van der Waals surface area contributed by atoms with E-state index >= 15 is 0 Å². The Morgan fingerprint density at radius 2 is 1.79 bits per heavy atom. The largest absolute Gasteiger partial charge is 0.476 e. The summed E-state index contributed by atoms with van der Waals surface area (Å²) in [5, 5.41) is 6.72. The van der Waals surface area contributed by atoms with Crippen molar-refractivity contribution < 1.29 is 35.9 Å². The number of nitrogens with one attached hydrogen (secondary N) is 1. The SMILES string of the molecule is CCOC(=O)c1cc(-c2cnc(Nc3cc(C)cc(C)c3)nc2-n2ccc(C(F)(F)F)n2)cnc1OCCS(C)(=O)=O. The number of pyridine rings is 1. The molecule has 0 amide bonds. The molecular weight excluding hydrogens is 577 g/mol. The zero-order valence-corrected chi connectivity index (χ0v) is 23.9. The van der Waals surface area contributed by atoms with Gasteiger partial charge < -0.3 is 14.8 Å². The predicted molar refractivity (Wildman–Crippen MR) is 148 cm³/mol. The van der Waals surface area contributed by atoms with Crippen molar-refractivity contribution >= 4 is 27.4 Å². The number of hydrogen-bond donors (Lipinski definition) is 1. The lowest BCUT2D eigenvalue weighted by atomic mass is 10.1. The molecule has 222 valence electrons. The van der Waals surface area contributed by atoms with Crippen molar-refractivity contribution in [3.05, 3.63) is 71.3 Å². The topological polar surface area (TPSA) is 138 Å². The van der Waals surface area contributed by atoms with Crippen LogP contribution >= 0.6 is 0 Å². The maximum Gasteiger partial charge on any atom is 0.435 e. The van der Waals surface area contributed by atoms with Gasteiger partial charge in [0.1, 0.15) is 12.2 Å². The van der Waals surface area contributed by atoms with E-state index in [0.717, 1.165) is 34.3 Å². The molecule has 4 rings (SSSR count). The quantitative estimate of drug-likeness (QED) is 0.254. The van der Waals surface area contributed by atoms with Gasteiger partial charge in [0.25, 0.3) is 0 Å². The minimum Gasteiger partial charge on any atom is -0.476 e. The molecule has 0 spiro atoms. The number of benzene rings is 1. The third-order valence-electron chi connectivity index (χ3n) is 5.69. The summed E-state index contributed by atoms with van der Waals surface area (Å²) in [4.78, 5) is 25.7. The van der Waals surface area contributed by atoms with Crippen LogP contribution < -0.4 is 10.1 Å². The maximum absolute atomic E-state index is 13.4. The monoisotopic (exact) mass is 604 g/mol. The van der Waals surface area contributed by atoms with Gasteiger partial charge in [0.2, 0.25) is 11.8 Å². The number of carbonyl (C=O) groups is 1. The Balaban J connectivity index is 1.81. The van der Waals surface area contributed by atoms with Crippen LogP contribution in [-0.4, -0.2) is 64.3 Å². The van der Waals surface area contributed by atoms with Gasteiger partial charge in [-0.1, -0.05) is 6.07 Å². The average molecular weight is 605 g/mol. The van der Waals surface area contributed by atoms with Gasteiger partial charge in [-0.05, 0) is 56.2 Å². The predicted octanol–water partition coefficient (Wildman–Crippen LogP) is 4.70. The van der Waals surface area contributed by atoms with Gasteiger partial charge in [0.15, 0.2) is 21.3 Å². The molecule has 3 aromatic heterocycles. The summed E-state index contributed by atoms with van der Waals surface area (Å²) in [5.41, 5.74) is 1.81. The van der Waals surface area contributed by atoms with Crippen LogP contribution in [0.1, 0.15) is 34.1 Å². The Labute approximate surface area is 239 Å². The first kappa shape index (κ1) is 30.4. The van der Waals surface area contributed by atoms with Crippen LogP contribution in [0, 0.1) is 13.8 Å². The van der Waals surface area contributed by atoms with E-state index in [1.807, 2.05) is 32.0 Å². The molecule has 42 heavy (non-hydrogen) atoms. The number of halogens is 3. The molecule has 11 nitrogen and oxygen atoms in total. The normalized spacial score (nSPS) is 11.8. The molecule has 0 unspecified atom stereocenters. The van der Waals surface area contributed by atoms with Gasteiger partial charge >= 0.3 is 12.1 Å². The van der Waals surface area contributed by atoms with Crippen molar-refractivity contribution in [2.24, 2.45) is 0 Å². The highest BCUT2D eigenvalue weighted by molar-refractivity contribution is 7.90. The first-order chi connectivity index (χ1) is 19.7. The van der Waals surface area contributed by atoms with Crippen molar-refractivity contribution in [3.8, 4) is 22.8 Å². The fourth-order valence-corrected chi connectivity index (χ4v) is 4.33. The molecule has 1 aromatic carbocycles. The molecule has 0 aliphatic carbocycles. The van der Waals surface area contributed by atoms with Gasteiger partial charge in [-0.2, -0.15) is 23.3 Å². The highest BCUT2D eigenvalue weighted by Gasteiger charge is 2.34. The van der Waals surface area contributed by atoms with Crippen molar-refractivity contribution in [1.82, 2.24) is 24.7 Å². The zero-order valence-electron chi connectivity index (χ0n) is 23.1. The number of aromatic nitrogens is 5. The highest BCUT2D eigenvalue weighted by atomic mass is 32.2. The van der Waals surface area contributed by atoms with Crippen LogP contribution in [0.15, 0.2) is 48.9 Å². The lowest BCUT2D eigenvalue weighted by Gasteiger charge is -2.14. The molecule has 0 fully saturated rings. The fraction of sp³-hybridized carbons (Fsp3) is 0.296. The van der Waals surface area contributed by atoms with E-state index in [-0.39, 0.29) is 53.3 Å². The lowest BCUT2D eigenvalue weighted by molar-refractivity contribution is -0.141. The standard InChI is InChI=1S/C27H27F3N6O5S/c1-5-40-25(37)20-13-18(14-31-24(20)41-8-9-42(4,38)39)21-15-32-26(33-19-11-16(2)10-17(3)12-19)34-23(21)36-7-6-22(35-36)27(28,29)30/h6-7,10-15H,5,8-9H2,1-4H3,(H,32,33,34). The second-order valence-electron chi connectivity index (χ2n) is 9.35. The van der Waals surface area contributed by atoms with E-state index in [9.17, 15) is 26.4 Å². The van der Waals surface area contributed by atoms with Crippen molar-refractivity contribution in [3.63, 3.8) is 0 Å². The molecule has 15 heteroatoms. The maximum atomic E-state index is 13.4. The van der Waals surface area contributed by atoms with Crippen molar-refractivity contribution in [2.45, 2.75) is 26.9 Å². The molecule has 3 heterocycles. The third-order valence-corrected chi connectivity index (χ3v) is 6.60. The number of esters is 1. The number of rotatable bonds is 10. The van der Waals surface area contributed by atoms with E-state index in [4.69, 9.17) is 9.47 Å². The summed E-state index contributed by atoms with van der Waals surface area (Å²) in [5.74, 6) is -1.23. The van der Waals surface area contributed by atoms with E-state index in [0.29, 0.717) is 5.69 Å². The second-order valence-corrected chi connectivity index (χ2v) is 11.6. The molecule has 0 aliphatic heterocycles. The Bertz CT molecular complexity index is 1700. The first-order valence-electron chi connectivity index (χ1n) is 12.6. The minimum absolute atomic E-state index is 0.0327. The number of nitrogens with zero attached hydrogens (tertiary/aromatic N) is 5. The number of ether oxygens (including phenoxy) is 2. The number of alkyl halides is 3. The van der Waals surface area contributed by atoms with Crippen LogP contribution in [0.3, 0.4) is 0 Å². The summed E-state index contributed by atoms with van der Waals surface area (Å²) in [6.07, 6.45) is 0.114. The number of carbonyl (C=O) groups excluding carboxylic acids is 1. The summed E-state index contributed by atoms with van der Waals surface area (Å²) < 4.78 is 74.7. The molecular formula is C27H27F3N6O5S. The molecule has 0 aliphatic rings. The molecule has 0 saturated heterocycles. The minimum atomic E-state index is -4.69. The second kappa shape index (κ2) is 12.1. The van der Waals surface area contributed by atoms with E-state index in [1.54, 1.807) is 6.92 Å². The van der Waals surface area contributed by atoms with Gasteiger partial charge in [0.05, 0.1) is 12.4 Å². The lowest BCUT2D eigenvalue weighted by Crippen LogP contribution is -2.15. The summed E-state index contributed by atoms with van der Waals surface area (Å²) in [6, 6.07) is 7.86. The number of sulfone groups is 1. The molecule has 4 aromatic rings. The van der Waals surface area contributed by atoms with Crippen LogP contribution in [0.2, 0.25) is 0 Å². The number of anilines is 2. The Morgan fingerprint density at radius 3 is 2.40 bits per heavy atom. The van der Waals surface area contributed by atoms with Crippen LogP contribution in [0.25, 0.3) is 16.9 Å². The zero-order chi connectivity index (χ0) is 30.7. The van der Waals surface area contributed by atoms with E-state index < -0.39 is 27.7 Å². The Morgan fingerprint density at radius 1 is 1.07 bits per heavy atom. The Hall–Kier alpha value is -4.53. The van der Waals surface area contributed by atoms with Crippen molar-refractivity contribution in [2.75, 3.05) is 30.5 Å². The molecule has 0 atom stereocenters. The third kappa shape index (κ3) is 7.60. The summed E-state index contributed by atoms with van der Waals surface area (Å²) in [6.45, 7) is 5.20. The smallest absolute Gasteiger partial charge is 0.435 e. The van der Waals surface area contributed by atoms with Gasteiger partial charge in [-0.15, -0.1) is 0 Å². The van der Waals surface area contributed by atoms with Crippen LogP contribution in [-0.2, 0) is 20.8 Å². The average Bonchev–Trinajstić information content (AvgIpc) is 3.39. The van der Waals surface area contributed by atoms with Crippen molar-refractivity contribution in [1.29, 1.82) is 0 Å². The van der Waals surface area contributed by atoms with E-state index in [1.165, 1.54) is 18.5 Å². The molecule has 1 N–H and O–H groups in total. The van der Waals surface area contributed by atoms with Gasteiger partial charge in [-0.25, -0.2) is 27.9 Å². The first-order valence-corrected chi connectivity index (χ1v) is 14.6. The van der Waals surface area contributed by atoms with Crippen LogP contribution in [0.5, 0.6) is 5.88 Å². The molecule has 0 saturated carbocycles. The van der Waals surface area contributed by atoms with Crippen LogP contribution in [0.4, 0.5) is 24.8 Å². The van der Waals surface area contributed by atoms with E-state index in [2.05, 4.69) is 25.4 Å². The number of aryl methyl sites for hydroxylation is 2. The van der Waals surface area contributed by atoms with Gasteiger partial charge in [-0.3, -0.25) is 0 Å². The fourth-order valence-electron chi connectivity index (χ4n) is 3.94. The Kier molecular flexibility index (Phi) is 8.80. The summed E-state index contributed by atoms with van der Waals surface area (Å²) in [7, 11) is -3.35. The number of hydrogen-bond acceptors (Lipinski definition) is 10. The highest BCUT2D eigenvalue weighted by Crippen LogP contribution is 2.32. The summed E-state index contributed by atoms with van der Waals surface area (Å²) >= 11 is 0. The molecule has 0 radical (unpaired) electrons. The molecule has 0 bridgehead atoms.